The Morgan fingerprint density at radius 2 is 1.68 bits per heavy atom. The van der Waals surface area contributed by atoms with Crippen LogP contribution in [0.4, 0.5) is 10.1 Å². The third kappa shape index (κ3) is 7.28. The number of carbonyl (C=O) groups excluding carboxylic acids is 2. The van der Waals surface area contributed by atoms with Crippen molar-refractivity contribution in [2.45, 2.75) is 62.6 Å². The van der Waals surface area contributed by atoms with Gasteiger partial charge < -0.3 is 10.2 Å². The van der Waals surface area contributed by atoms with E-state index in [0.29, 0.717) is 22.1 Å². The zero-order valence-electron chi connectivity index (χ0n) is 22.3. The van der Waals surface area contributed by atoms with E-state index >= 15 is 0 Å². The monoisotopic (exact) mass is 629 g/mol. The van der Waals surface area contributed by atoms with E-state index in [4.69, 9.17) is 0 Å². The highest BCUT2D eigenvalue weighted by Crippen LogP contribution is 2.27. The summed E-state index contributed by atoms with van der Waals surface area (Å²) in [5, 5.41) is 3.08. The van der Waals surface area contributed by atoms with E-state index in [1.165, 1.54) is 29.2 Å². The fourth-order valence-corrected chi connectivity index (χ4v) is 6.77. The molecule has 2 amide bonds. The lowest BCUT2D eigenvalue weighted by atomic mass is 10.1. The number of anilines is 1. The second-order valence-electron chi connectivity index (χ2n) is 9.87. The lowest BCUT2D eigenvalue weighted by Crippen LogP contribution is -2.53. The standard InChI is InChI=1S/C30H33BrFN3O4S/c1-2-28(30(37)33-25-10-6-7-11-25)34(20-22-15-17-24(32)18-16-22)29(36)21-35(26-12-8-9-23(31)19-26)40(38,39)27-13-4-3-5-14-27/h3-5,8-9,12-19,25,28H,2,6-7,10-11,20-21H2,1H3,(H,33,37). The number of benzene rings is 3. The van der Waals surface area contributed by atoms with Gasteiger partial charge >= 0.3 is 0 Å². The van der Waals surface area contributed by atoms with Crippen molar-refractivity contribution in [1.29, 1.82) is 0 Å². The van der Waals surface area contributed by atoms with Crippen LogP contribution in [0, 0.1) is 5.82 Å². The van der Waals surface area contributed by atoms with Crippen LogP contribution < -0.4 is 9.62 Å². The number of nitrogens with one attached hydrogen (secondary N) is 1. The first-order valence-corrected chi connectivity index (χ1v) is 15.6. The van der Waals surface area contributed by atoms with Crippen molar-refractivity contribution in [1.82, 2.24) is 10.2 Å². The van der Waals surface area contributed by atoms with Crippen molar-refractivity contribution < 1.29 is 22.4 Å². The Labute approximate surface area is 243 Å². The van der Waals surface area contributed by atoms with E-state index in [2.05, 4.69) is 21.2 Å². The second kappa shape index (κ2) is 13.4. The van der Waals surface area contributed by atoms with Gasteiger partial charge in [-0.15, -0.1) is 0 Å². The minimum absolute atomic E-state index is 0.0212. The molecular formula is C30H33BrFN3O4S. The molecule has 3 aromatic carbocycles. The maximum Gasteiger partial charge on any atom is 0.264 e. The molecular weight excluding hydrogens is 597 g/mol. The van der Waals surface area contributed by atoms with Crippen LogP contribution in [0.15, 0.2) is 88.2 Å². The average molecular weight is 631 g/mol. The van der Waals surface area contributed by atoms with Crippen molar-refractivity contribution in [2.24, 2.45) is 0 Å². The fourth-order valence-electron chi connectivity index (χ4n) is 4.95. The van der Waals surface area contributed by atoms with Crippen LogP contribution in [0.5, 0.6) is 0 Å². The normalized spacial score (nSPS) is 14.5. The molecule has 1 atom stereocenters. The van der Waals surface area contributed by atoms with Gasteiger partial charge in [-0.3, -0.25) is 13.9 Å². The number of rotatable bonds is 11. The van der Waals surface area contributed by atoms with Crippen LogP contribution in [-0.2, 0) is 26.2 Å². The largest absolute Gasteiger partial charge is 0.352 e. The van der Waals surface area contributed by atoms with Crippen molar-refractivity contribution >= 4 is 43.5 Å². The van der Waals surface area contributed by atoms with Gasteiger partial charge in [0.25, 0.3) is 10.0 Å². The Balaban J connectivity index is 1.70. The number of hydrogen-bond acceptors (Lipinski definition) is 4. The fraction of sp³-hybridized carbons (Fsp3) is 0.333. The highest BCUT2D eigenvalue weighted by molar-refractivity contribution is 9.10. The predicted molar refractivity (Wildman–Crippen MR) is 157 cm³/mol. The van der Waals surface area contributed by atoms with Gasteiger partial charge in [0, 0.05) is 17.1 Å². The molecule has 1 N–H and O–H groups in total. The Morgan fingerprint density at radius 1 is 1.00 bits per heavy atom. The summed E-state index contributed by atoms with van der Waals surface area (Å²) in [5.74, 6) is -1.23. The number of sulfonamides is 1. The highest BCUT2D eigenvalue weighted by Gasteiger charge is 2.34. The van der Waals surface area contributed by atoms with E-state index in [-0.39, 0.29) is 23.4 Å². The van der Waals surface area contributed by atoms with Crippen molar-refractivity contribution in [3.05, 3.63) is 94.7 Å². The van der Waals surface area contributed by atoms with Crippen LogP contribution >= 0.6 is 15.9 Å². The molecule has 10 heteroatoms. The Kier molecular flexibility index (Phi) is 9.97. The molecule has 1 fully saturated rings. The number of nitrogens with zero attached hydrogens (tertiary/aromatic N) is 2. The Bertz CT molecular complexity index is 1410. The molecule has 0 radical (unpaired) electrons. The Hall–Kier alpha value is -3.24. The summed E-state index contributed by atoms with van der Waals surface area (Å²) >= 11 is 3.39. The molecule has 1 aliphatic rings. The van der Waals surface area contributed by atoms with Gasteiger partial charge in [-0.05, 0) is 67.3 Å². The van der Waals surface area contributed by atoms with Gasteiger partial charge in [0.2, 0.25) is 11.8 Å². The average Bonchev–Trinajstić information content (AvgIpc) is 3.46. The van der Waals surface area contributed by atoms with Gasteiger partial charge in [-0.2, -0.15) is 0 Å². The van der Waals surface area contributed by atoms with E-state index in [1.54, 1.807) is 54.6 Å². The summed E-state index contributed by atoms with van der Waals surface area (Å²) in [6.07, 6.45) is 4.19. The van der Waals surface area contributed by atoms with E-state index in [0.717, 1.165) is 30.0 Å². The minimum atomic E-state index is -4.13. The van der Waals surface area contributed by atoms with Gasteiger partial charge in [-0.25, -0.2) is 12.8 Å². The molecule has 1 saturated carbocycles. The highest BCUT2D eigenvalue weighted by atomic mass is 79.9. The molecule has 1 unspecified atom stereocenters. The quantitative estimate of drug-likeness (QED) is 0.297. The van der Waals surface area contributed by atoms with Crippen molar-refractivity contribution in [3.63, 3.8) is 0 Å². The molecule has 0 aromatic heterocycles. The lowest BCUT2D eigenvalue weighted by Gasteiger charge is -2.33. The maximum absolute atomic E-state index is 14.1. The first kappa shape index (κ1) is 29.7. The summed E-state index contributed by atoms with van der Waals surface area (Å²) in [5.41, 5.74) is 0.929. The Morgan fingerprint density at radius 3 is 2.30 bits per heavy atom. The van der Waals surface area contributed by atoms with E-state index < -0.39 is 34.3 Å². The lowest BCUT2D eigenvalue weighted by molar-refractivity contribution is -0.140. The summed E-state index contributed by atoms with van der Waals surface area (Å²) in [6.45, 7) is 1.31. The third-order valence-electron chi connectivity index (χ3n) is 7.06. The van der Waals surface area contributed by atoms with Crippen LogP contribution in [0.2, 0.25) is 0 Å². The van der Waals surface area contributed by atoms with Crippen molar-refractivity contribution in [2.75, 3.05) is 10.8 Å². The third-order valence-corrected chi connectivity index (χ3v) is 9.34. The molecule has 7 nitrogen and oxygen atoms in total. The maximum atomic E-state index is 14.1. The molecule has 0 heterocycles. The number of carbonyl (C=O) groups is 2. The van der Waals surface area contributed by atoms with E-state index in [1.807, 2.05) is 6.92 Å². The van der Waals surface area contributed by atoms with Crippen molar-refractivity contribution in [3.8, 4) is 0 Å². The summed E-state index contributed by atoms with van der Waals surface area (Å²) in [4.78, 5) is 28.9. The van der Waals surface area contributed by atoms with Gasteiger partial charge in [0.05, 0.1) is 10.6 Å². The van der Waals surface area contributed by atoms with Crippen LogP contribution in [0.3, 0.4) is 0 Å². The molecule has 4 rings (SSSR count). The summed E-state index contributed by atoms with van der Waals surface area (Å²) in [6, 6.07) is 19.5. The molecule has 3 aromatic rings. The zero-order valence-corrected chi connectivity index (χ0v) is 24.7. The SMILES string of the molecule is CCC(C(=O)NC1CCCC1)N(Cc1ccc(F)cc1)C(=O)CN(c1cccc(Br)c1)S(=O)(=O)c1ccccc1. The topological polar surface area (TPSA) is 86.8 Å². The minimum Gasteiger partial charge on any atom is -0.352 e. The zero-order chi connectivity index (χ0) is 28.7. The van der Waals surface area contributed by atoms with Gasteiger partial charge in [0.15, 0.2) is 0 Å². The first-order valence-electron chi connectivity index (χ1n) is 13.4. The number of amides is 2. The second-order valence-corrected chi connectivity index (χ2v) is 12.6. The smallest absolute Gasteiger partial charge is 0.264 e. The molecule has 212 valence electrons. The predicted octanol–water partition coefficient (Wildman–Crippen LogP) is 5.65. The van der Waals surface area contributed by atoms with Gasteiger partial charge in [0.1, 0.15) is 18.4 Å². The molecule has 0 bridgehead atoms. The summed E-state index contributed by atoms with van der Waals surface area (Å²) < 4.78 is 43.0. The number of hydrogen-bond donors (Lipinski definition) is 1. The molecule has 0 saturated heterocycles. The number of halogens is 2. The van der Waals surface area contributed by atoms with Crippen LogP contribution in [0.25, 0.3) is 0 Å². The van der Waals surface area contributed by atoms with E-state index in [9.17, 15) is 22.4 Å². The summed E-state index contributed by atoms with van der Waals surface area (Å²) in [7, 11) is -4.13. The molecule has 0 aliphatic heterocycles. The molecule has 1 aliphatic carbocycles. The van der Waals surface area contributed by atoms with Crippen LogP contribution in [-0.4, -0.2) is 43.8 Å². The first-order chi connectivity index (χ1) is 19.2. The molecule has 0 spiro atoms. The molecule has 40 heavy (non-hydrogen) atoms. The van der Waals surface area contributed by atoms with Gasteiger partial charge in [-0.1, -0.05) is 72.1 Å². The van der Waals surface area contributed by atoms with Crippen LogP contribution in [0.1, 0.15) is 44.6 Å².